The molecule has 3 heterocycles. The zero-order valence-electron chi connectivity index (χ0n) is 14.9. The van der Waals surface area contributed by atoms with E-state index in [0.29, 0.717) is 0 Å². The first kappa shape index (κ1) is 16.9. The second-order valence-corrected chi connectivity index (χ2v) is 7.02. The standard InChI is InChI=1S/C19H22N6S/c1-16-5-2-3-6-17(16)25-14-13-24(19(25)26)15-22-9-11-23(12-10-22)18-20-7-4-8-21-18/h2-8,13-14H,9-12,15H2,1H3/p+1. The van der Waals surface area contributed by atoms with Gasteiger partial charge in [-0.1, -0.05) is 18.2 Å². The van der Waals surface area contributed by atoms with Gasteiger partial charge in [-0.15, -0.1) is 0 Å². The van der Waals surface area contributed by atoms with Crippen LogP contribution in [0.3, 0.4) is 0 Å². The predicted octanol–water partition coefficient (Wildman–Crippen LogP) is 1.47. The Morgan fingerprint density at radius 3 is 2.50 bits per heavy atom. The number of para-hydroxylation sites is 1. The van der Waals surface area contributed by atoms with Crippen LogP contribution in [0.25, 0.3) is 5.69 Å². The van der Waals surface area contributed by atoms with Crippen molar-refractivity contribution in [1.29, 1.82) is 0 Å². The molecule has 0 atom stereocenters. The molecule has 1 fully saturated rings. The van der Waals surface area contributed by atoms with E-state index in [2.05, 4.69) is 67.6 Å². The van der Waals surface area contributed by atoms with E-state index in [9.17, 15) is 0 Å². The second kappa shape index (κ2) is 7.39. The first-order valence-electron chi connectivity index (χ1n) is 8.92. The van der Waals surface area contributed by atoms with Crippen LogP contribution in [0.4, 0.5) is 5.95 Å². The van der Waals surface area contributed by atoms with Gasteiger partial charge in [0, 0.05) is 24.8 Å². The summed E-state index contributed by atoms with van der Waals surface area (Å²) in [7, 11) is 0. The lowest BCUT2D eigenvalue weighted by molar-refractivity contribution is -0.923. The van der Waals surface area contributed by atoms with Crippen LogP contribution in [-0.2, 0) is 6.67 Å². The lowest BCUT2D eigenvalue weighted by atomic mass is 10.2. The van der Waals surface area contributed by atoms with Crippen LogP contribution in [0.2, 0.25) is 0 Å². The fraction of sp³-hybridized carbons (Fsp3) is 0.316. The van der Waals surface area contributed by atoms with E-state index in [1.165, 1.54) is 10.5 Å². The van der Waals surface area contributed by atoms with Crippen molar-refractivity contribution in [2.45, 2.75) is 13.6 Å². The van der Waals surface area contributed by atoms with E-state index in [0.717, 1.165) is 49.3 Å². The minimum absolute atomic E-state index is 0.828. The highest BCUT2D eigenvalue weighted by Crippen LogP contribution is 2.14. The summed E-state index contributed by atoms with van der Waals surface area (Å²) in [5.74, 6) is 0.828. The Bertz CT molecular complexity index is 924. The Morgan fingerprint density at radius 2 is 1.77 bits per heavy atom. The van der Waals surface area contributed by atoms with Crippen LogP contribution < -0.4 is 9.80 Å². The summed E-state index contributed by atoms with van der Waals surface area (Å²) in [6, 6.07) is 10.2. The highest BCUT2D eigenvalue weighted by Gasteiger charge is 2.22. The number of hydrogen-bond acceptors (Lipinski definition) is 4. The summed E-state index contributed by atoms with van der Waals surface area (Å²) in [4.78, 5) is 12.5. The van der Waals surface area contributed by atoms with Crippen molar-refractivity contribution in [3.8, 4) is 5.69 Å². The quantitative estimate of drug-likeness (QED) is 0.710. The summed E-state index contributed by atoms with van der Waals surface area (Å²) < 4.78 is 5.12. The van der Waals surface area contributed by atoms with Gasteiger partial charge in [0.1, 0.15) is 0 Å². The Kier molecular flexibility index (Phi) is 4.81. The molecule has 0 aliphatic carbocycles. The molecule has 0 spiro atoms. The molecular weight excluding hydrogens is 344 g/mol. The maximum atomic E-state index is 5.72. The van der Waals surface area contributed by atoms with Crippen LogP contribution in [-0.4, -0.2) is 45.3 Å². The molecule has 26 heavy (non-hydrogen) atoms. The molecule has 0 bridgehead atoms. The van der Waals surface area contributed by atoms with Crippen molar-refractivity contribution in [2.24, 2.45) is 0 Å². The van der Waals surface area contributed by atoms with E-state index >= 15 is 0 Å². The van der Waals surface area contributed by atoms with Crippen molar-refractivity contribution < 1.29 is 4.90 Å². The zero-order chi connectivity index (χ0) is 17.9. The number of nitrogens with one attached hydrogen (secondary N) is 1. The summed E-state index contributed by atoms with van der Waals surface area (Å²) in [6.45, 7) is 7.03. The van der Waals surface area contributed by atoms with Gasteiger partial charge in [-0.25, -0.2) is 9.97 Å². The number of aryl methyl sites for hydroxylation is 1. The third-order valence-corrected chi connectivity index (χ3v) is 5.35. The molecule has 6 nitrogen and oxygen atoms in total. The number of hydrogen-bond donors (Lipinski definition) is 1. The lowest BCUT2D eigenvalue weighted by Crippen LogP contribution is -3.14. The molecule has 4 rings (SSSR count). The van der Waals surface area contributed by atoms with Crippen LogP contribution in [0.15, 0.2) is 55.1 Å². The molecule has 7 heteroatoms. The number of quaternary nitrogens is 1. The number of benzene rings is 1. The Morgan fingerprint density at radius 1 is 1.04 bits per heavy atom. The third kappa shape index (κ3) is 3.40. The van der Waals surface area contributed by atoms with E-state index in [-0.39, 0.29) is 0 Å². The Labute approximate surface area is 158 Å². The molecule has 0 unspecified atom stereocenters. The molecule has 1 N–H and O–H groups in total. The number of piperazine rings is 1. The highest BCUT2D eigenvalue weighted by molar-refractivity contribution is 7.71. The van der Waals surface area contributed by atoms with Crippen LogP contribution in [0.1, 0.15) is 5.56 Å². The van der Waals surface area contributed by atoms with Gasteiger partial charge in [0.05, 0.1) is 31.9 Å². The van der Waals surface area contributed by atoms with Gasteiger partial charge in [-0.2, -0.15) is 0 Å². The first-order chi connectivity index (χ1) is 12.7. The summed E-state index contributed by atoms with van der Waals surface area (Å²) in [6.07, 6.45) is 7.76. The van der Waals surface area contributed by atoms with Crippen molar-refractivity contribution in [3.63, 3.8) is 0 Å². The highest BCUT2D eigenvalue weighted by atomic mass is 32.1. The van der Waals surface area contributed by atoms with Crippen LogP contribution in [0, 0.1) is 11.7 Å². The maximum Gasteiger partial charge on any atom is 0.225 e. The van der Waals surface area contributed by atoms with Gasteiger partial charge in [-0.05, 0) is 36.8 Å². The summed E-state index contributed by atoms with van der Waals surface area (Å²) in [5, 5.41) is 0. The predicted molar refractivity (Wildman–Crippen MR) is 104 cm³/mol. The first-order valence-corrected chi connectivity index (χ1v) is 9.32. The molecule has 1 saturated heterocycles. The van der Waals surface area contributed by atoms with Gasteiger partial charge in [0.15, 0.2) is 11.4 Å². The van der Waals surface area contributed by atoms with Gasteiger partial charge in [0.2, 0.25) is 5.95 Å². The zero-order valence-corrected chi connectivity index (χ0v) is 15.7. The maximum absolute atomic E-state index is 5.72. The van der Waals surface area contributed by atoms with E-state index < -0.39 is 0 Å². The molecule has 1 aromatic carbocycles. The number of imidazole rings is 1. The fourth-order valence-corrected chi connectivity index (χ4v) is 3.71. The Hall–Kier alpha value is -2.51. The Balaban J connectivity index is 1.43. The smallest absolute Gasteiger partial charge is 0.225 e. The SMILES string of the molecule is Cc1ccccc1-n1ccn(C[NH+]2CCN(c3ncccn3)CC2)c1=S. The molecule has 134 valence electrons. The summed E-state index contributed by atoms with van der Waals surface area (Å²) >= 11 is 5.72. The molecular formula is C19H23N6S+. The molecule has 3 aromatic rings. The topological polar surface area (TPSA) is 43.3 Å². The minimum Gasteiger partial charge on any atom is -0.330 e. The van der Waals surface area contributed by atoms with E-state index in [1.54, 1.807) is 12.4 Å². The number of rotatable bonds is 4. The second-order valence-electron chi connectivity index (χ2n) is 6.65. The van der Waals surface area contributed by atoms with Crippen LogP contribution >= 0.6 is 12.2 Å². The third-order valence-electron chi connectivity index (χ3n) is 4.92. The molecule has 0 saturated carbocycles. The summed E-state index contributed by atoms with van der Waals surface area (Å²) in [5.41, 5.74) is 2.38. The molecule has 1 aliphatic heterocycles. The van der Waals surface area contributed by atoms with Crippen LogP contribution in [0.5, 0.6) is 0 Å². The molecule has 0 amide bonds. The monoisotopic (exact) mass is 367 g/mol. The van der Waals surface area contributed by atoms with Crippen molar-refractivity contribution >= 4 is 18.2 Å². The largest absolute Gasteiger partial charge is 0.330 e. The van der Waals surface area contributed by atoms with Gasteiger partial charge >= 0.3 is 0 Å². The number of aromatic nitrogens is 4. The minimum atomic E-state index is 0.828. The van der Waals surface area contributed by atoms with E-state index in [4.69, 9.17) is 12.2 Å². The normalized spacial score (nSPS) is 15.3. The average Bonchev–Trinajstić information content (AvgIpc) is 3.04. The average molecular weight is 368 g/mol. The van der Waals surface area contributed by atoms with Crippen molar-refractivity contribution in [3.05, 3.63) is 65.5 Å². The fourth-order valence-electron chi connectivity index (χ4n) is 3.43. The number of nitrogens with zero attached hydrogens (tertiary/aromatic N) is 5. The van der Waals surface area contributed by atoms with Crippen molar-refractivity contribution in [2.75, 3.05) is 31.1 Å². The van der Waals surface area contributed by atoms with Crippen molar-refractivity contribution in [1.82, 2.24) is 19.1 Å². The van der Waals surface area contributed by atoms with Gasteiger partial charge in [-0.3, -0.25) is 9.13 Å². The van der Waals surface area contributed by atoms with Gasteiger partial charge in [0.25, 0.3) is 0 Å². The van der Waals surface area contributed by atoms with E-state index in [1.807, 2.05) is 6.07 Å². The van der Waals surface area contributed by atoms with Gasteiger partial charge < -0.3 is 9.80 Å². The molecule has 2 aromatic heterocycles. The number of anilines is 1. The molecule has 0 radical (unpaired) electrons. The lowest BCUT2D eigenvalue weighted by Gasteiger charge is -2.32. The molecule has 1 aliphatic rings.